The van der Waals surface area contributed by atoms with Crippen LogP contribution in [0.4, 0.5) is 0 Å². The Labute approximate surface area is 132 Å². The number of phenolic OH excluding ortho intramolecular Hbond substituents is 2. The molecule has 0 heterocycles. The van der Waals surface area contributed by atoms with E-state index in [1.54, 1.807) is 0 Å². The molecular weight excluding hydrogens is 280 g/mol. The highest BCUT2D eigenvalue weighted by Crippen LogP contribution is 2.20. The van der Waals surface area contributed by atoms with Crippen LogP contribution < -0.4 is 5.43 Å². The van der Waals surface area contributed by atoms with Gasteiger partial charge in [-0.25, -0.2) is 5.43 Å². The average Bonchev–Trinajstić information content (AvgIpc) is 2.48. The highest BCUT2D eigenvalue weighted by atomic mass is 16.3. The number of hydrazone groups is 1. The Bertz CT molecular complexity index is 487. The van der Waals surface area contributed by atoms with E-state index < -0.39 is 0 Å². The Kier molecular flexibility index (Phi) is 8.72. The maximum absolute atomic E-state index is 11.6. The van der Waals surface area contributed by atoms with Gasteiger partial charge in [0.1, 0.15) is 11.5 Å². The van der Waals surface area contributed by atoms with Crippen LogP contribution in [-0.4, -0.2) is 22.3 Å². The Balaban J connectivity index is 2.16. The molecule has 0 aliphatic carbocycles. The summed E-state index contributed by atoms with van der Waals surface area (Å²) in [6.45, 7) is 2.20. The zero-order valence-corrected chi connectivity index (χ0v) is 13.2. The summed E-state index contributed by atoms with van der Waals surface area (Å²) in [6.07, 6.45) is 10.0. The second kappa shape index (κ2) is 10.7. The minimum absolute atomic E-state index is 0.0161. The molecule has 5 nitrogen and oxygen atoms in total. The summed E-state index contributed by atoms with van der Waals surface area (Å²) >= 11 is 0. The van der Waals surface area contributed by atoms with Gasteiger partial charge in [0.25, 0.3) is 0 Å². The number of hydrogen-bond donors (Lipinski definition) is 3. The summed E-state index contributed by atoms with van der Waals surface area (Å²) in [6, 6.07) is 4.19. The summed E-state index contributed by atoms with van der Waals surface area (Å²) < 4.78 is 0. The highest BCUT2D eigenvalue weighted by Gasteiger charge is 2.01. The first kappa shape index (κ1) is 18.0. The van der Waals surface area contributed by atoms with E-state index in [1.165, 1.54) is 56.5 Å². The van der Waals surface area contributed by atoms with Gasteiger partial charge in [-0.1, -0.05) is 45.4 Å². The average molecular weight is 306 g/mol. The van der Waals surface area contributed by atoms with Crippen LogP contribution in [-0.2, 0) is 4.79 Å². The van der Waals surface area contributed by atoms with Gasteiger partial charge in [0.05, 0.1) is 6.21 Å². The molecule has 122 valence electrons. The van der Waals surface area contributed by atoms with Crippen molar-refractivity contribution < 1.29 is 15.0 Å². The van der Waals surface area contributed by atoms with Gasteiger partial charge in [-0.3, -0.25) is 4.79 Å². The van der Waals surface area contributed by atoms with Crippen LogP contribution in [0.1, 0.15) is 63.9 Å². The van der Waals surface area contributed by atoms with Gasteiger partial charge in [0, 0.05) is 18.1 Å². The normalized spacial score (nSPS) is 11.0. The van der Waals surface area contributed by atoms with E-state index in [4.69, 9.17) is 5.11 Å². The number of aromatic hydroxyl groups is 2. The first-order valence-electron chi connectivity index (χ1n) is 7.97. The molecule has 1 rings (SSSR count). The predicted octanol–water partition coefficient (Wildman–Crippen LogP) is 3.69. The van der Waals surface area contributed by atoms with Gasteiger partial charge in [-0.2, -0.15) is 5.10 Å². The number of carbonyl (C=O) groups excluding carboxylic acids is 1. The van der Waals surface area contributed by atoms with Gasteiger partial charge < -0.3 is 10.2 Å². The molecule has 0 saturated heterocycles. The molecule has 0 spiro atoms. The number of nitrogens with one attached hydrogen (secondary N) is 1. The van der Waals surface area contributed by atoms with Crippen LogP contribution in [0.5, 0.6) is 11.5 Å². The van der Waals surface area contributed by atoms with Crippen molar-refractivity contribution in [2.45, 2.75) is 58.3 Å². The van der Waals surface area contributed by atoms with Crippen LogP contribution in [0.15, 0.2) is 23.3 Å². The third-order valence-electron chi connectivity index (χ3n) is 3.41. The molecule has 5 heteroatoms. The third kappa shape index (κ3) is 7.67. The molecule has 1 aromatic carbocycles. The first-order valence-corrected chi connectivity index (χ1v) is 7.97. The molecule has 0 fully saturated rings. The standard InChI is InChI=1S/C17H26N2O3/c1-2-3-4-5-6-7-8-9-17(22)19-18-13-14-10-11-15(20)12-16(14)21/h10-13,20-21H,2-9H2,1H3,(H,19,22)/b18-13-. The van der Waals surface area contributed by atoms with E-state index in [-0.39, 0.29) is 17.4 Å². The van der Waals surface area contributed by atoms with Crippen LogP contribution in [0.2, 0.25) is 0 Å². The van der Waals surface area contributed by atoms with Crippen molar-refractivity contribution >= 4 is 12.1 Å². The third-order valence-corrected chi connectivity index (χ3v) is 3.41. The number of unbranched alkanes of at least 4 members (excludes halogenated alkanes) is 6. The quantitative estimate of drug-likeness (QED) is 0.350. The van der Waals surface area contributed by atoms with Gasteiger partial charge in [0.15, 0.2) is 0 Å². The molecule has 0 aliphatic rings. The van der Waals surface area contributed by atoms with E-state index in [2.05, 4.69) is 17.5 Å². The zero-order chi connectivity index (χ0) is 16.2. The Hall–Kier alpha value is -2.04. The topological polar surface area (TPSA) is 81.9 Å². The Morgan fingerprint density at radius 3 is 2.50 bits per heavy atom. The van der Waals surface area contributed by atoms with E-state index in [9.17, 15) is 9.90 Å². The van der Waals surface area contributed by atoms with Crippen molar-refractivity contribution in [3.8, 4) is 11.5 Å². The predicted molar refractivity (Wildman–Crippen MR) is 88.1 cm³/mol. The second-order valence-electron chi connectivity index (χ2n) is 5.41. The SMILES string of the molecule is CCCCCCCCCC(=O)N/N=C\c1ccc(O)cc1O. The first-order chi connectivity index (χ1) is 10.6. The lowest BCUT2D eigenvalue weighted by molar-refractivity contribution is -0.121. The minimum Gasteiger partial charge on any atom is -0.508 e. The number of rotatable bonds is 10. The van der Waals surface area contributed by atoms with E-state index in [0.29, 0.717) is 12.0 Å². The van der Waals surface area contributed by atoms with Crippen LogP contribution in [0.3, 0.4) is 0 Å². The number of carbonyl (C=O) groups is 1. The van der Waals surface area contributed by atoms with E-state index in [1.807, 2.05) is 0 Å². The molecular formula is C17H26N2O3. The molecule has 22 heavy (non-hydrogen) atoms. The number of benzene rings is 1. The van der Waals surface area contributed by atoms with Crippen molar-refractivity contribution in [1.29, 1.82) is 0 Å². The van der Waals surface area contributed by atoms with Crippen LogP contribution in [0.25, 0.3) is 0 Å². The molecule has 0 radical (unpaired) electrons. The van der Waals surface area contributed by atoms with Crippen molar-refractivity contribution in [1.82, 2.24) is 5.43 Å². The molecule has 0 saturated carbocycles. The smallest absolute Gasteiger partial charge is 0.240 e. The zero-order valence-electron chi connectivity index (χ0n) is 13.2. The van der Waals surface area contributed by atoms with E-state index >= 15 is 0 Å². The molecule has 0 aromatic heterocycles. The number of hydrogen-bond acceptors (Lipinski definition) is 4. The Morgan fingerprint density at radius 2 is 1.82 bits per heavy atom. The number of nitrogens with zero attached hydrogens (tertiary/aromatic N) is 1. The maximum Gasteiger partial charge on any atom is 0.240 e. The fourth-order valence-corrected chi connectivity index (χ4v) is 2.11. The summed E-state index contributed by atoms with van der Waals surface area (Å²) in [7, 11) is 0. The van der Waals surface area contributed by atoms with Gasteiger partial charge in [0.2, 0.25) is 5.91 Å². The summed E-state index contributed by atoms with van der Waals surface area (Å²) in [5, 5.41) is 22.5. The fourth-order valence-electron chi connectivity index (χ4n) is 2.11. The molecule has 0 unspecified atom stereocenters. The lowest BCUT2D eigenvalue weighted by Crippen LogP contribution is -2.16. The Morgan fingerprint density at radius 1 is 1.14 bits per heavy atom. The molecule has 0 aliphatic heterocycles. The van der Waals surface area contributed by atoms with E-state index in [0.717, 1.165) is 12.8 Å². The maximum atomic E-state index is 11.6. The minimum atomic E-state index is -0.122. The van der Waals surface area contributed by atoms with Crippen molar-refractivity contribution in [3.63, 3.8) is 0 Å². The largest absolute Gasteiger partial charge is 0.508 e. The van der Waals surface area contributed by atoms with Gasteiger partial charge >= 0.3 is 0 Å². The van der Waals surface area contributed by atoms with Crippen LogP contribution in [0, 0.1) is 0 Å². The van der Waals surface area contributed by atoms with Gasteiger partial charge in [-0.05, 0) is 18.6 Å². The fraction of sp³-hybridized carbons (Fsp3) is 0.529. The van der Waals surface area contributed by atoms with Gasteiger partial charge in [-0.15, -0.1) is 0 Å². The summed E-state index contributed by atoms with van der Waals surface area (Å²) in [5.74, 6) is -0.217. The van der Waals surface area contributed by atoms with Crippen molar-refractivity contribution in [3.05, 3.63) is 23.8 Å². The number of amides is 1. The molecule has 1 amide bonds. The second-order valence-corrected chi connectivity index (χ2v) is 5.41. The lowest BCUT2D eigenvalue weighted by atomic mass is 10.1. The molecule has 1 aromatic rings. The molecule has 3 N–H and O–H groups in total. The summed E-state index contributed by atoms with van der Waals surface area (Å²) in [4.78, 5) is 11.6. The van der Waals surface area contributed by atoms with Crippen LogP contribution >= 0.6 is 0 Å². The molecule has 0 atom stereocenters. The van der Waals surface area contributed by atoms with Crippen molar-refractivity contribution in [2.24, 2.45) is 5.10 Å². The number of phenols is 2. The summed E-state index contributed by atoms with van der Waals surface area (Å²) in [5.41, 5.74) is 2.88. The van der Waals surface area contributed by atoms with Crippen molar-refractivity contribution in [2.75, 3.05) is 0 Å². The highest BCUT2D eigenvalue weighted by molar-refractivity contribution is 5.85. The molecule has 0 bridgehead atoms. The lowest BCUT2D eigenvalue weighted by Gasteiger charge is -2.02. The monoisotopic (exact) mass is 306 g/mol.